The summed E-state index contributed by atoms with van der Waals surface area (Å²) in [5.41, 5.74) is 2.27. The fourth-order valence-corrected chi connectivity index (χ4v) is 3.41. The van der Waals surface area contributed by atoms with Gasteiger partial charge in [0, 0.05) is 38.3 Å². The number of anilines is 1. The summed E-state index contributed by atoms with van der Waals surface area (Å²) < 4.78 is 18.4. The summed E-state index contributed by atoms with van der Waals surface area (Å²) in [7, 11) is 1.59. The fraction of sp³-hybridized carbons (Fsp3) is 0.364. The van der Waals surface area contributed by atoms with E-state index in [9.17, 15) is 14.0 Å². The Hall–Kier alpha value is -2.93. The Bertz CT molecular complexity index is 851. The van der Waals surface area contributed by atoms with Crippen molar-refractivity contribution in [1.29, 1.82) is 0 Å². The Morgan fingerprint density at radius 2 is 1.79 bits per heavy atom. The van der Waals surface area contributed by atoms with Crippen molar-refractivity contribution in [2.45, 2.75) is 12.8 Å². The maximum atomic E-state index is 13.5. The minimum Gasteiger partial charge on any atom is -0.383 e. The van der Waals surface area contributed by atoms with Gasteiger partial charge in [0.15, 0.2) is 0 Å². The molecule has 0 bridgehead atoms. The van der Waals surface area contributed by atoms with Crippen LogP contribution in [0.25, 0.3) is 11.1 Å². The van der Waals surface area contributed by atoms with Gasteiger partial charge in [-0.05, 0) is 48.2 Å². The first-order valence-electron chi connectivity index (χ1n) is 9.75. The highest BCUT2D eigenvalue weighted by molar-refractivity contribution is 5.93. The molecule has 0 aliphatic carbocycles. The minimum atomic E-state index is -0.296. The van der Waals surface area contributed by atoms with E-state index >= 15 is 0 Å². The number of carbonyl (C=O) groups excluding carboxylic acids is 2. The van der Waals surface area contributed by atoms with E-state index in [1.807, 2.05) is 30.3 Å². The predicted octanol–water partition coefficient (Wildman–Crippen LogP) is 3.50. The Morgan fingerprint density at radius 1 is 1.10 bits per heavy atom. The minimum absolute atomic E-state index is 0.0548. The SMILES string of the molecule is COCCNC(=O)N1CCC(C(=O)Nc2cccc(-c3cccc(F)c3)c2)CC1. The van der Waals surface area contributed by atoms with E-state index in [0.29, 0.717) is 44.8 Å². The number of hydrogen-bond acceptors (Lipinski definition) is 3. The van der Waals surface area contributed by atoms with E-state index in [4.69, 9.17) is 4.74 Å². The average molecular weight is 399 g/mol. The molecule has 6 nitrogen and oxygen atoms in total. The summed E-state index contributed by atoms with van der Waals surface area (Å²) in [6.45, 7) is 2.02. The van der Waals surface area contributed by atoms with Crippen LogP contribution in [0.4, 0.5) is 14.9 Å². The molecule has 1 saturated heterocycles. The summed E-state index contributed by atoms with van der Waals surface area (Å²) >= 11 is 0. The van der Waals surface area contributed by atoms with Gasteiger partial charge in [-0.1, -0.05) is 24.3 Å². The number of halogens is 1. The van der Waals surface area contributed by atoms with Gasteiger partial charge in [0.1, 0.15) is 5.82 Å². The summed E-state index contributed by atoms with van der Waals surface area (Å²) in [6, 6.07) is 13.6. The highest BCUT2D eigenvalue weighted by Crippen LogP contribution is 2.25. The van der Waals surface area contributed by atoms with Crippen molar-refractivity contribution in [2.24, 2.45) is 5.92 Å². The monoisotopic (exact) mass is 399 g/mol. The van der Waals surface area contributed by atoms with Gasteiger partial charge in [-0.15, -0.1) is 0 Å². The number of ether oxygens (including phenoxy) is 1. The van der Waals surface area contributed by atoms with E-state index in [1.54, 1.807) is 18.1 Å². The zero-order valence-electron chi connectivity index (χ0n) is 16.5. The topological polar surface area (TPSA) is 70.7 Å². The van der Waals surface area contributed by atoms with Crippen molar-refractivity contribution >= 4 is 17.6 Å². The van der Waals surface area contributed by atoms with Crippen LogP contribution in [-0.2, 0) is 9.53 Å². The molecule has 2 aromatic rings. The number of nitrogens with zero attached hydrogens (tertiary/aromatic N) is 1. The summed E-state index contributed by atoms with van der Waals surface area (Å²) in [5, 5.41) is 5.75. The molecule has 0 aromatic heterocycles. The van der Waals surface area contributed by atoms with Gasteiger partial charge in [-0.3, -0.25) is 4.79 Å². The highest BCUT2D eigenvalue weighted by atomic mass is 19.1. The third-order valence-corrected chi connectivity index (χ3v) is 5.02. The van der Waals surface area contributed by atoms with Gasteiger partial charge in [-0.2, -0.15) is 0 Å². The standard InChI is InChI=1S/C22H26FN3O3/c1-29-13-10-24-22(28)26-11-8-16(9-12-26)21(27)25-20-7-3-5-18(15-20)17-4-2-6-19(23)14-17/h2-7,14-16H,8-13H2,1H3,(H,24,28)(H,25,27). The van der Waals surface area contributed by atoms with Crippen LogP contribution >= 0.6 is 0 Å². The maximum Gasteiger partial charge on any atom is 0.317 e. The van der Waals surface area contributed by atoms with Crippen molar-refractivity contribution < 1.29 is 18.7 Å². The van der Waals surface area contributed by atoms with Gasteiger partial charge in [-0.25, -0.2) is 9.18 Å². The number of likely N-dealkylation sites (tertiary alicyclic amines) is 1. The van der Waals surface area contributed by atoms with Crippen molar-refractivity contribution in [2.75, 3.05) is 38.7 Å². The molecule has 3 amide bonds. The molecule has 7 heteroatoms. The smallest absolute Gasteiger partial charge is 0.317 e. The molecule has 2 N–H and O–H groups in total. The first kappa shape index (κ1) is 20.8. The fourth-order valence-electron chi connectivity index (χ4n) is 3.41. The van der Waals surface area contributed by atoms with E-state index in [2.05, 4.69) is 10.6 Å². The molecule has 1 heterocycles. The van der Waals surface area contributed by atoms with E-state index in [1.165, 1.54) is 12.1 Å². The normalized spacial score (nSPS) is 14.5. The molecule has 0 saturated carbocycles. The quantitative estimate of drug-likeness (QED) is 0.731. The number of rotatable bonds is 6. The number of hydrogen-bond donors (Lipinski definition) is 2. The molecule has 1 aliphatic heterocycles. The first-order valence-corrected chi connectivity index (χ1v) is 9.75. The molecule has 0 spiro atoms. The zero-order valence-corrected chi connectivity index (χ0v) is 16.5. The van der Waals surface area contributed by atoms with E-state index < -0.39 is 0 Å². The molecule has 0 unspecified atom stereocenters. The molecule has 3 rings (SSSR count). The van der Waals surface area contributed by atoms with Crippen LogP contribution in [0, 0.1) is 11.7 Å². The highest BCUT2D eigenvalue weighted by Gasteiger charge is 2.27. The lowest BCUT2D eigenvalue weighted by atomic mass is 9.96. The molecule has 1 fully saturated rings. The van der Waals surface area contributed by atoms with Crippen LogP contribution in [0.3, 0.4) is 0 Å². The lowest BCUT2D eigenvalue weighted by Crippen LogP contribution is -2.46. The van der Waals surface area contributed by atoms with Crippen LogP contribution in [0.15, 0.2) is 48.5 Å². The predicted molar refractivity (Wildman–Crippen MR) is 110 cm³/mol. The number of piperidine rings is 1. The number of carbonyl (C=O) groups is 2. The van der Waals surface area contributed by atoms with E-state index in [0.717, 1.165) is 11.1 Å². The van der Waals surface area contributed by atoms with Crippen molar-refractivity contribution in [1.82, 2.24) is 10.2 Å². The van der Waals surface area contributed by atoms with Gasteiger partial charge >= 0.3 is 6.03 Å². The number of urea groups is 1. The summed E-state index contributed by atoms with van der Waals surface area (Å²) in [6.07, 6.45) is 1.24. The second-order valence-corrected chi connectivity index (χ2v) is 7.07. The molecular weight excluding hydrogens is 373 g/mol. The molecule has 2 aromatic carbocycles. The Kier molecular flexibility index (Phi) is 7.19. The molecule has 154 valence electrons. The molecule has 0 radical (unpaired) electrons. The Morgan fingerprint density at radius 3 is 2.48 bits per heavy atom. The third kappa shape index (κ3) is 5.77. The Balaban J connectivity index is 1.54. The lowest BCUT2D eigenvalue weighted by Gasteiger charge is -2.31. The van der Waals surface area contributed by atoms with Gasteiger partial charge < -0.3 is 20.3 Å². The van der Waals surface area contributed by atoms with Crippen LogP contribution < -0.4 is 10.6 Å². The Labute approximate surface area is 170 Å². The number of nitrogens with one attached hydrogen (secondary N) is 2. The van der Waals surface area contributed by atoms with Gasteiger partial charge in [0.25, 0.3) is 0 Å². The van der Waals surface area contributed by atoms with Crippen LogP contribution in [0.2, 0.25) is 0 Å². The van der Waals surface area contributed by atoms with Crippen LogP contribution in [0.1, 0.15) is 12.8 Å². The van der Waals surface area contributed by atoms with Gasteiger partial charge in [0.05, 0.1) is 6.61 Å². The van der Waals surface area contributed by atoms with Crippen LogP contribution in [-0.4, -0.2) is 50.2 Å². The molecule has 1 aliphatic rings. The summed E-state index contributed by atoms with van der Waals surface area (Å²) in [5.74, 6) is -0.494. The second kappa shape index (κ2) is 10.0. The van der Waals surface area contributed by atoms with Gasteiger partial charge in [0.2, 0.25) is 5.91 Å². The first-order chi connectivity index (χ1) is 14.1. The maximum absolute atomic E-state index is 13.5. The largest absolute Gasteiger partial charge is 0.383 e. The van der Waals surface area contributed by atoms with Crippen molar-refractivity contribution in [3.63, 3.8) is 0 Å². The zero-order chi connectivity index (χ0) is 20.6. The van der Waals surface area contributed by atoms with Crippen LogP contribution in [0.5, 0.6) is 0 Å². The molecule has 0 atom stereocenters. The summed E-state index contributed by atoms with van der Waals surface area (Å²) in [4.78, 5) is 26.4. The second-order valence-electron chi connectivity index (χ2n) is 7.07. The number of amides is 3. The molecular formula is C22H26FN3O3. The van der Waals surface area contributed by atoms with Crippen molar-refractivity contribution in [3.8, 4) is 11.1 Å². The lowest BCUT2D eigenvalue weighted by molar-refractivity contribution is -0.121. The van der Waals surface area contributed by atoms with E-state index in [-0.39, 0.29) is 23.7 Å². The molecule has 29 heavy (non-hydrogen) atoms. The number of methoxy groups -OCH3 is 1. The third-order valence-electron chi connectivity index (χ3n) is 5.02. The average Bonchev–Trinajstić information content (AvgIpc) is 2.74. The van der Waals surface area contributed by atoms with Crippen molar-refractivity contribution in [3.05, 3.63) is 54.3 Å². The number of benzene rings is 2.